The molecular weight excluding hydrogens is 236 g/mol. The van der Waals surface area contributed by atoms with Crippen molar-refractivity contribution in [3.63, 3.8) is 0 Å². The van der Waals surface area contributed by atoms with E-state index in [1.165, 1.54) is 36.0 Å². The molecular formula is C15H22N4. The summed E-state index contributed by atoms with van der Waals surface area (Å²) in [5.74, 6) is 0. The predicted octanol–water partition coefficient (Wildman–Crippen LogP) is 2.06. The molecule has 102 valence electrons. The lowest BCUT2D eigenvalue weighted by Crippen LogP contribution is -2.20. The Morgan fingerprint density at radius 2 is 2.26 bits per heavy atom. The highest BCUT2D eigenvalue weighted by molar-refractivity contribution is 5.30. The number of nitrogens with zero attached hydrogens (tertiary/aromatic N) is 3. The van der Waals surface area contributed by atoms with E-state index >= 15 is 0 Å². The van der Waals surface area contributed by atoms with E-state index in [0.29, 0.717) is 6.04 Å². The highest BCUT2D eigenvalue weighted by Gasteiger charge is 2.20. The molecule has 0 spiro atoms. The first kappa shape index (κ1) is 12.5. The topological polar surface area (TPSA) is 34.8 Å². The van der Waals surface area contributed by atoms with Gasteiger partial charge in [-0.3, -0.25) is 4.68 Å². The summed E-state index contributed by atoms with van der Waals surface area (Å²) < 4.78 is 4.21. The zero-order valence-corrected chi connectivity index (χ0v) is 11.8. The number of aryl methyl sites for hydroxylation is 4. The van der Waals surface area contributed by atoms with E-state index in [1.807, 2.05) is 17.9 Å². The smallest absolute Gasteiger partial charge is 0.0522 e. The third-order valence-corrected chi connectivity index (χ3v) is 4.08. The standard InChI is InChI=1S/C15H22N4/c1-16-15-5-3-4-13-10-19(11-14(13)15)7-6-12-8-17-18(2)9-12/h8-11,15-16H,3-7H2,1-2H3. The first-order valence-corrected chi connectivity index (χ1v) is 7.09. The van der Waals surface area contributed by atoms with Gasteiger partial charge in [-0.15, -0.1) is 0 Å². The fourth-order valence-corrected chi connectivity index (χ4v) is 3.04. The second kappa shape index (κ2) is 5.21. The van der Waals surface area contributed by atoms with Gasteiger partial charge in [0, 0.05) is 38.2 Å². The molecule has 0 bridgehead atoms. The molecule has 0 aromatic carbocycles. The molecule has 1 unspecified atom stereocenters. The van der Waals surface area contributed by atoms with Gasteiger partial charge in [0.05, 0.1) is 6.20 Å². The molecule has 0 aliphatic heterocycles. The third kappa shape index (κ3) is 2.59. The Hall–Kier alpha value is -1.55. The molecule has 2 aromatic heterocycles. The van der Waals surface area contributed by atoms with Crippen LogP contribution in [0.15, 0.2) is 24.8 Å². The Morgan fingerprint density at radius 3 is 3.00 bits per heavy atom. The molecule has 0 radical (unpaired) electrons. The van der Waals surface area contributed by atoms with Gasteiger partial charge < -0.3 is 9.88 Å². The first-order chi connectivity index (χ1) is 9.26. The van der Waals surface area contributed by atoms with E-state index in [1.54, 1.807) is 0 Å². The average Bonchev–Trinajstić information content (AvgIpc) is 3.01. The summed E-state index contributed by atoms with van der Waals surface area (Å²) in [5.41, 5.74) is 4.33. The van der Waals surface area contributed by atoms with Crippen LogP contribution in [0.4, 0.5) is 0 Å². The number of hydrogen-bond acceptors (Lipinski definition) is 2. The fraction of sp³-hybridized carbons (Fsp3) is 0.533. The highest BCUT2D eigenvalue weighted by atomic mass is 15.2. The molecule has 0 saturated heterocycles. The minimum absolute atomic E-state index is 0.545. The summed E-state index contributed by atoms with van der Waals surface area (Å²) in [6.45, 7) is 1.04. The Balaban J connectivity index is 1.70. The van der Waals surface area contributed by atoms with E-state index < -0.39 is 0 Å². The van der Waals surface area contributed by atoms with E-state index in [4.69, 9.17) is 0 Å². The Bertz CT molecular complexity index is 552. The maximum atomic E-state index is 4.22. The lowest BCUT2D eigenvalue weighted by Gasteiger charge is -2.21. The van der Waals surface area contributed by atoms with Crippen molar-refractivity contribution < 1.29 is 0 Å². The van der Waals surface area contributed by atoms with Gasteiger partial charge >= 0.3 is 0 Å². The van der Waals surface area contributed by atoms with Gasteiger partial charge in [-0.1, -0.05) is 0 Å². The predicted molar refractivity (Wildman–Crippen MR) is 76.1 cm³/mol. The normalized spacial score (nSPS) is 18.5. The van der Waals surface area contributed by atoms with Crippen LogP contribution in [0.25, 0.3) is 0 Å². The minimum atomic E-state index is 0.545. The molecule has 0 fully saturated rings. The van der Waals surface area contributed by atoms with Crippen LogP contribution in [-0.4, -0.2) is 21.4 Å². The molecule has 2 aromatic rings. The molecule has 2 heterocycles. The van der Waals surface area contributed by atoms with Crippen LogP contribution in [0, 0.1) is 0 Å². The van der Waals surface area contributed by atoms with Crippen LogP contribution in [0.3, 0.4) is 0 Å². The van der Waals surface area contributed by atoms with Crippen LogP contribution >= 0.6 is 0 Å². The average molecular weight is 258 g/mol. The molecule has 0 amide bonds. The SMILES string of the molecule is CNC1CCCc2cn(CCc3cnn(C)c3)cc21. The van der Waals surface area contributed by atoms with Gasteiger partial charge in [0.2, 0.25) is 0 Å². The van der Waals surface area contributed by atoms with Crippen molar-refractivity contribution in [2.75, 3.05) is 7.05 Å². The van der Waals surface area contributed by atoms with Crippen molar-refractivity contribution in [2.45, 2.75) is 38.3 Å². The Kier molecular flexibility index (Phi) is 3.42. The van der Waals surface area contributed by atoms with Crippen LogP contribution in [-0.2, 0) is 26.4 Å². The summed E-state index contributed by atoms with van der Waals surface area (Å²) >= 11 is 0. The molecule has 1 aliphatic rings. The molecule has 19 heavy (non-hydrogen) atoms. The monoisotopic (exact) mass is 258 g/mol. The highest BCUT2D eigenvalue weighted by Crippen LogP contribution is 2.30. The molecule has 1 N–H and O–H groups in total. The maximum absolute atomic E-state index is 4.22. The number of aromatic nitrogens is 3. The maximum Gasteiger partial charge on any atom is 0.0522 e. The molecule has 4 heteroatoms. The van der Waals surface area contributed by atoms with E-state index in [2.05, 4.69) is 40.6 Å². The summed E-state index contributed by atoms with van der Waals surface area (Å²) in [5, 5.41) is 7.64. The van der Waals surface area contributed by atoms with Crippen LogP contribution in [0.5, 0.6) is 0 Å². The van der Waals surface area contributed by atoms with E-state index in [-0.39, 0.29) is 0 Å². The van der Waals surface area contributed by atoms with Gasteiger partial charge in [-0.05, 0) is 49.4 Å². The fourth-order valence-electron chi connectivity index (χ4n) is 3.04. The second-order valence-corrected chi connectivity index (χ2v) is 5.48. The summed E-state index contributed by atoms with van der Waals surface area (Å²) in [4.78, 5) is 0. The molecule has 4 nitrogen and oxygen atoms in total. The molecule has 1 aliphatic carbocycles. The van der Waals surface area contributed by atoms with Crippen molar-refractivity contribution in [1.82, 2.24) is 19.7 Å². The van der Waals surface area contributed by atoms with Crippen LogP contribution in [0.1, 0.15) is 35.6 Å². The number of fused-ring (bicyclic) bond motifs is 1. The molecule has 1 atom stereocenters. The van der Waals surface area contributed by atoms with Crippen molar-refractivity contribution in [1.29, 1.82) is 0 Å². The quantitative estimate of drug-likeness (QED) is 0.911. The van der Waals surface area contributed by atoms with Gasteiger partial charge in [-0.2, -0.15) is 5.10 Å². The van der Waals surface area contributed by atoms with Crippen molar-refractivity contribution in [2.24, 2.45) is 7.05 Å². The van der Waals surface area contributed by atoms with Gasteiger partial charge in [0.15, 0.2) is 0 Å². The van der Waals surface area contributed by atoms with Gasteiger partial charge in [0.25, 0.3) is 0 Å². The van der Waals surface area contributed by atoms with Crippen LogP contribution in [0.2, 0.25) is 0 Å². The number of nitrogens with one attached hydrogen (secondary N) is 1. The Morgan fingerprint density at radius 1 is 1.37 bits per heavy atom. The van der Waals surface area contributed by atoms with E-state index in [9.17, 15) is 0 Å². The number of rotatable bonds is 4. The Labute approximate surface area is 114 Å². The summed E-state index contributed by atoms with van der Waals surface area (Å²) in [6.07, 6.45) is 13.5. The summed E-state index contributed by atoms with van der Waals surface area (Å²) in [7, 11) is 4.03. The lowest BCUT2D eigenvalue weighted by molar-refractivity contribution is 0.498. The first-order valence-electron chi connectivity index (χ1n) is 7.09. The van der Waals surface area contributed by atoms with Crippen molar-refractivity contribution in [3.05, 3.63) is 41.5 Å². The second-order valence-electron chi connectivity index (χ2n) is 5.48. The number of hydrogen-bond donors (Lipinski definition) is 1. The third-order valence-electron chi connectivity index (χ3n) is 4.08. The lowest BCUT2D eigenvalue weighted by atomic mass is 9.91. The molecule has 0 saturated carbocycles. The molecule has 3 rings (SSSR count). The largest absolute Gasteiger partial charge is 0.353 e. The van der Waals surface area contributed by atoms with E-state index in [0.717, 1.165) is 13.0 Å². The minimum Gasteiger partial charge on any atom is -0.353 e. The van der Waals surface area contributed by atoms with Crippen LogP contribution < -0.4 is 5.32 Å². The van der Waals surface area contributed by atoms with Gasteiger partial charge in [0.1, 0.15) is 0 Å². The summed E-state index contributed by atoms with van der Waals surface area (Å²) in [6, 6.07) is 0.545. The van der Waals surface area contributed by atoms with Crippen molar-refractivity contribution >= 4 is 0 Å². The van der Waals surface area contributed by atoms with Crippen molar-refractivity contribution in [3.8, 4) is 0 Å². The zero-order valence-electron chi connectivity index (χ0n) is 11.8. The zero-order chi connectivity index (χ0) is 13.2. The van der Waals surface area contributed by atoms with Gasteiger partial charge in [-0.25, -0.2) is 0 Å².